The van der Waals surface area contributed by atoms with Gasteiger partial charge in [0.1, 0.15) is 5.82 Å². The number of nitrogens with two attached hydrogens (primary N) is 1. The van der Waals surface area contributed by atoms with Crippen LogP contribution in [0.1, 0.15) is 12.2 Å². The zero-order valence-corrected chi connectivity index (χ0v) is 12.4. The van der Waals surface area contributed by atoms with Crippen LogP contribution in [0.15, 0.2) is 18.2 Å². The first-order chi connectivity index (χ1) is 10.3. The highest BCUT2D eigenvalue weighted by Crippen LogP contribution is 2.33. The van der Waals surface area contributed by atoms with E-state index in [9.17, 15) is 0 Å². The van der Waals surface area contributed by atoms with Crippen LogP contribution in [0.4, 0.5) is 0 Å². The number of rotatable bonds is 4. The average molecular weight is 288 g/mol. The van der Waals surface area contributed by atoms with Crippen molar-refractivity contribution in [1.82, 2.24) is 14.8 Å². The molecular weight excluding hydrogens is 268 g/mol. The molecule has 21 heavy (non-hydrogen) atoms. The molecule has 1 aliphatic rings. The molecule has 2 N–H and O–H groups in total. The maximum Gasteiger partial charge on any atom is 0.164 e. The summed E-state index contributed by atoms with van der Waals surface area (Å²) >= 11 is 0. The van der Waals surface area contributed by atoms with Crippen LogP contribution in [0.25, 0.3) is 11.4 Å². The molecule has 3 rings (SSSR count). The molecule has 0 bridgehead atoms. The smallest absolute Gasteiger partial charge is 0.164 e. The monoisotopic (exact) mass is 288 g/mol. The third-order valence-electron chi connectivity index (χ3n) is 4.03. The highest BCUT2D eigenvalue weighted by Gasteiger charge is 2.23. The van der Waals surface area contributed by atoms with Crippen LogP contribution < -0.4 is 15.2 Å². The molecule has 6 nitrogen and oxygen atoms in total. The molecule has 0 aliphatic carbocycles. The van der Waals surface area contributed by atoms with Crippen molar-refractivity contribution < 1.29 is 9.47 Å². The van der Waals surface area contributed by atoms with E-state index in [2.05, 4.69) is 14.8 Å². The quantitative estimate of drug-likeness (QED) is 0.922. The summed E-state index contributed by atoms with van der Waals surface area (Å²) in [6.45, 7) is 1.62. The highest BCUT2D eigenvalue weighted by molar-refractivity contribution is 5.61. The summed E-state index contributed by atoms with van der Waals surface area (Å²) in [4.78, 5) is 0. The third kappa shape index (κ3) is 2.47. The van der Waals surface area contributed by atoms with E-state index < -0.39 is 0 Å². The molecule has 6 heteroatoms. The molecule has 1 aliphatic heterocycles. The molecule has 1 atom stereocenters. The molecule has 2 heterocycles. The standard InChI is InChI=1S/C15H20N4O2/c1-20-12-4-3-11(8-13(12)21-2)15-18-17-14-7-10(9-16)5-6-19(14)15/h3-4,8,10H,5-7,9,16H2,1-2H3. The lowest BCUT2D eigenvalue weighted by molar-refractivity contribution is 0.355. The molecular formula is C15H20N4O2. The summed E-state index contributed by atoms with van der Waals surface area (Å²) in [6.07, 6.45) is 1.97. The van der Waals surface area contributed by atoms with E-state index in [0.717, 1.165) is 36.6 Å². The van der Waals surface area contributed by atoms with Crippen molar-refractivity contribution in [2.45, 2.75) is 19.4 Å². The Morgan fingerprint density at radius 2 is 2.05 bits per heavy atom. The van der Waals surface area contributed by atoms with Gasteiger partial charge >= 0.3 is 0 Å². The fourth-order valence-electron chi connectivity index (χ4n) is 2.78. The number of methoxy groups -OCH3 is 2. The first-order valence-electron chi connectivity index (χ1n) is 7.11. The molecule has 0 radical (unpaired) electrons. The van der Waals surface area contributed by atoms with Gasteiger partial charge in [-0.2, -0.15) is 0 Å². The van der Waals surface area contributed by atoms with Crippen LogP contribution in [0.3, 0.4) is 0 Å². The van der Waals surface area contributed by atoms with Gasteiger partial charge in [-0.25, -0.2) is 0 Å². The van der Waals surface area contributed by atoms with Gasteiger partial charge in [0.2, 0.25) is 0 Å². The average Bonchev–Trinajstić information content (AvgIpc) is 2.97. The van der Waals surface area contributed by atoms with E-state index in [-0.39, 0.29) is 0 Å². The lowest BCUT2D eigenvalue weighted by atomic mass is 9.98. The minimum atomic E-state index is 0.514. The van der Waals surface area contributed by atoms with Gasteiger partial charge in [0.15, 0.2) is 17.3 Å². The first kappa shape index (κ1) is 13.9. The molecule has 1 aromatic carbocycles. The fourth-order valence-corrected chi connectivity index (χ4v) is 2.78. The van der Waals surface area contributed by atoms with Crippen LogP contribution in [-0.2, 0) is 13.0 Å². The number of aromatic nitrogens is 3. The summed E-state index contributed by atoms with van der Waals surface area (Å²) in [5.74, 6) is 3.81. The lowest BCUT2D eigenvalue weighted by Crippen LogP contribution is -2.25. The maximum atomic E-state index is 5.76. The molecule has 2 aromatic rings. The molecule has 1 unspecified atom stereocenters. The predicted molar refractivity (Wildman–Crippen MR) is 79.4 cm³/mol. The van der Waals surface area contributed by atoms with Gasteiger partial charge in [-0.1, -0.05) is 0 Å². The Balaban J connectivity index is 1.97. The second kappa shape index (κ2) is 5.73. The molecule has 0 fully saturated rings. The second-order valence-corrected chi connectivity index (χ2v) is 5.26. The minimum absolute atomic E-state index is 0.514. The Morgan fingerprint density at radius 3 is 2.76 bits per heavy atom. The van der Waals surface area contributed by atoms with E-state index >= 15 is 0 Å². The number of benzene rings is 1. The predicted octanol–water partition coefficient (Wildman–Crippen LogP) is 1.48. The molecule has 0 saturated heterocycles. The van der Waals surface area contributed by atoms with Gasteiger partial charge in [-0.3, -0.25) is 0 Å². The maximum absolute atomic E-state index is 5.76. The largest absolute Gasteiger partial charge is 0.493 e. The van der Waals surface area contributed by atoms with Crippen LogP contribution in [0.5, 0.6) is 11.5 Å². The highest BCUT2D eigenvalue weighted by atomic mass is 16.5. The third-order valence-corrected chi connectivity index (χ3v) is 4.03. The molecule has 1 aromatic heterocycles. The fraction of sp³-hybridized carbons (Fsp3) is 0.467. The van der Waals surface area contributed by atoms with Gasteiger partial charge in [0.25, 0.3) is 0 Å². The minimum Gasteiger partial charge on any atom is -0.493 e. The van der Waals surface area contributed by atoms with Crippen LogP contribution in [0.2, 0.25) is 0 Å². The Bertz CT molecular complexity index is 639. The van der Waals surface area contributed by atoms with Gasteiger partial charge in [0.05, 0.1) is 14.2 Å². The Kier molecular flexibility index (Phi) is 3.79. The van der Waals surface area contributed by atoms with Crippen molar-refractivity contribution in [1.29, 1.82) is 0 Å². The van der Waals surface area contributed by atoms with Gasteiger partial charge in [0, 0.05) is 18.5 Å². The topological polar surface area (TPSA) is 75.2 Å². The zero-order chi connectivity index (χ0) is 14.8. The van der Waals surface area contributed by atoms with Crippen molar-refractivity contribution in [2.24, 2.45) is 11.7 Å². The first-order valence-corrected chi connectivity index (χ1v) is 7.11. The summed E-state index contributed by atoms with van der Waals surface area (Å²) in [7, 11) is 3.26. The number of nitrogens with zero attached hydrogens (tertiary/aromatic N) is 3. The Labute approximate surface area is 123 Å². The second-order valence-electron chi connectivity index (χ2n) is 5.26. The summed E-state index contributed by atoms with van der Waals surface area (Å²) in [5, 5.41) is 8.66. The van der Waals surface area contributed by atoms with Crippen molar-refractivity contribution in [2.75, 3.05) is 20.8 Å². The molecule has 112 valence electrons. The summed E-state index contributed by atoms with van der Waals surface area (Å²) in [5.41, 5.74) is 6.74. The van der Waals surface area contributed by atoms with Crippen molar-refractivity contribution in [3.8, 4) is 22.9 Å². The number of ether oxygens (including phenoxy) is 2. The normalized spacial score (nSPS) is 17.4. The van der Waals surface area contributed by atoms with E-state index in [1.165, 1.54) is 0 Å². The Morgan fingerprint density at radius 1 is 1.24 bits per heavy atom. The van der Waals surface area contributed by atoms with E-state index in [1.807, 2.05) is 18.2 Å². The molecule has 0 saturated carbocycles. The molecule has 0 amide bonds. The van der Waals surface area contributed by atoms with E-state index in [0.29, 0.717) is 24.0 Å². The van der Waals surface area contributed by atoms with Gasteiger partial charge in [-0.05, 0) is 37.1 Å². The van der Waals surface area contributed by atoms with Crippen LogP contribution in [0, 0.1) is 5.92 Å². The Hall–Kier alpha value is -2.08. The SMILES string of the molecule is COc1ccc(-c2nnc3n2CCC(CN)C3)cc1OC. The number of fused-ring (bicyclic) bond motifs is 1. The summed E-state index contributed by atoms with van der Waals surface area (Å²) in [6, 6.07) is 5.81. The molecule has 0 spiro atoms. The van der Waals surface area contributed by atoms with Crippen LogP contribution in [-0.4, -0.2) is 35.5 Å². The van der Waals surface area contributed by atoms with Crippen molar-refractivity contribution in [3.63, 3.8) is 0 Å². The van der Waals surface area contributed by atoms with Crippen molar-refractivity contribution >= 4 is 0 Å². The van der Waals surface area contributed by atoms with Gasteiger partial charge < -0.3 is 19.8 Å². The summed E-state index contributed by atoms with van der Waals surface area (Å²) < 4.78 is 12.8. The lowest BCUT2D eigenvalue weighted by Gasteiger charge is -2.22. The van der Waals surface area contributed by atoms with Crippen LogP contribution >= 0.6 is 0 Å². The number of hydrogen-bond acceptors (Lipinski definition) is 5. The van der Waals surface area contributed by atoms with Gasteiger partial charge in [-0.15, -0.1) is 10.2 Å². The van der Waals surface area contributed by atoms with E-state index in [1.54, 1.807) is 14.2 Å². The van der Waals surface area contributed by atoms with E-state index in [4.69, 9.17) is 15.2 Å². The number of hydrogen-bond donors (Lipinski definition) is 1. The van der Waals surface area contributed by atoms with Crippen molar-refractivity contribution in [3.05, 3.63) is 24.0 Å². The zero-order valence-electron chi connectivity index (χ0n) is 12.4.